The summed E-state index contributed by atoms with van der Waals surface area (Å²) in [5.74, 6) is -0.447. The van der Waals surface area contributed by atoms with Crippen molar-refractivity contribution in [2.75, 3.05) is 7.11 Å². The van der Waals surface area contributed by atoms with E-state index in [0.29, 0.717) is 0 Å². The summed E-state index contributed by atoms with van der Waals surface area (Å²) in [6, 6.07) is 0. The fraction of sp³-hybridized carbons (Fsp3) is 0.667. The molecule has 0 aliphatic carbocycles. The van der Waals surface area contributed by atoms with Crippen LogP contribution in [0.5, 0.6) is 0 Å². The predicted octanol–water partition coefficient (Wildman–Crippen LogP) is 1.17. The molecule has 0 aromatic carbocycles. The van der Waals surface area contributed by atoms with Gasteiger partial charge in [0.15, 0.2) is 6.17 Å². The molecule has 8 heteroatoms. The van der Waals surface area contributed by atoms with Crippen molar-refractivity contribution in [3.63, 3.8) is 0 Å². The SMILES string of the molecule is COC(=O)NC(NC(C)=O)C(Cl)(Cl)Cl. The lowest BCUT2D eigenvalue weighted by Gasteiger charge is -2.25. The second-order valence-electron chi connectivity index (χ2n) is 2.31. The second-order valence-corrected chi connectivity index (χ2v) is 4.68. The first-order valence-corrected chi connectivity index (χ1v) is 4.59. The Labute approximate surface area is 96.0 Å². The first kappa shape index (κ1) is 13.6. The van der Waals surface area contributed by atoms with E-state index in [2.05, 4.69) is 15.4 Å². The molecule has 0 radical (unpaired) electrons. The van der Waals surface area contributed by atoms with Crippen molar-refractivity contribution in [3.05, 3.63) is 0 Å². The lowest BCUT2D eigenvalue weighted by Crippen LogP contribution is -2.54. The summed E-state index contributed by atoms with van der Waals surface area (Å²) in [6.07, 6.45) is -1.95. The number of methoxy groups -OCH3 is 1. The zero-order valence-corrected chi connectivity index (χ0v) is 9.70. The highest BCUT2D eigenvalue weighted by atomic mass is 35.6. The van der Waals surface area contributed by atoms with E-state index in [1.807, 2.05) is 0 Å². The molecule has 1 unspecified atom stereocenters. The van der Waals surface area contributed by atoms with Crippen LogP contribution in [0, 0.1) is 0 Å². The third kappa shape index (κ3) is 5.36. The maximum atomic E-state index is 10.8. The molecule has 1 atom stereocenters. The molecule has 0 saturated carbocycles. The van der Waals surface area contributed by atoms with Gasteiger partial charge in [-0.2, -0.15) is 0 Å². The molecule has 0 aliphatic heterocycles. The standard InChI is InChI=1S/C6H9Cl3N2O3/c1-3(12)10-4(6(7,8)9)11-5(13)14-2/h4H,1-2H3,(H,10,12)(H,11,13). The number of halogens is 3. The average molecular weight is 264 g/mol. The number of ether oxygens (including phenoxy) is 1. The highest BCUT2D eigenvalue weighted by molar-refractivity contribution is 6.68. The minimum Gasteiger partial charge on any atom is -0.453 e. The third-order valence-corrected chi connectivity index (χ3v) is 1.78. The summed E-state index contributed by atoms with van der Waals surface area (Å²) in [7, 11) is 1.15. The van der Waals surface area contributed by atoms with Gasteiger partial charge in [0.05, 0.1) is 7.11 Å². The van der Waals surface area contributed by atoms with E-state index in [0.717, 1.165) is 7.11 Å². The third-order valence-electron chi connectivity index (χ3n) is 1.12. The Kier molecular flexibility index (Phi) is 5.33. The lowest BCUT2D eigenvalue weighted by molar-refractivity contribution is -0.119. The van der Waals surface area contributed by atoms with E-state index in [9.17, 15) is 9.59 Å². The molecular weight excluding hydrogens is 254 g/mol. The zero-order valence-electron chi connectivity index (χ0n) is 7.44. The monoisotopic (exact) mass is 262 g/mol. The van der Waals surface area contributed by atoms with Crippen LogP contribution < -0.4 is 10.6 Å². The Hall–Kier alpha value is -0.390. The molecule has 2 N–H and O–H groups in total. The van der Waals surface area contributed by atoms with Crippen LogP contribution in [-0.2, 0) is 9.53 Å². The second kappa shape index (κ2) is 5.48. The molecule has 0 rings (SSSR count). The predicted molar refractivity (Wildman–Crippen MR) is 53.4 cm³/mol. The Bertz CT molecular complexity index is 229. The molecule has 0 aromatic heterocycles. The number of amides is 2. The molecule has 2 amide bonds. The number of nitrogens with one attached hydrogen (secondary N) is 2. The van der Waals surface area contributed by atoms with E-state index in [4.69, 9.17) is 34.8 Å². The zero-order chi connectivity index (χ0) is 11.4. The Balaban J connectivity index is 4.41. The van der Waals surface area contributed by atoms with Crippen LogP contribution in [0.4, 0.5) is 4.79 Å². The van der Waals surface area contributed by atoms with Gasteiger partial charge in [-0.15, -0.1) is 0 Å². The molecule has 0 heterocycles. The van der Waals surface area contributed by atoms with E-state index in [1.165, 1.54) is 6.92 Å². The average Bonchev–Trinajstić information content (AvgIpc) is 2.00. The van der Waals surface area contributed by atoms with E-state index >= 15 is 0 Å². The molecule has 0 spiro atoms. The lowest BCUT2D eigenvalue weighted by atomic mass is 10.5. The topological polar surface area (TPSA) is 67.4 Å². The Morgan fingerprint density at radius 2 is 1.79 bits per heavy atom. The highest BCUT2D eigenvalue weighted by Gasteiger charge is 2.34. The van der Waals surface area contributed by atoms with Gasteiger partial charge in [0, 0.05) is 6.92 Å². The van der Waals surface area contributed by atoms with Gasteiger partial charge < -0.3 is 10.1 Å². The van der Waals surface area contributed by atoms with Crippen molar-refractivity contribution in [3.8, 4) is 0 Å². The van der Waals surface area contributed by atoms with Gasteiger partial charge in [0.2, 0.25) is 9.70 Å². The van der Waals surface area contributed by atoms with Crippen molar-refractivity contribution in [1.29, 1.82) is 0 Å². The van der Waals surface area contributed by atoms with Crippen LogP contribution in [0.2, 0.25) is 0 Å². The first-order chi connectivity index (χ1) is 6.27. The molecule has 82 valence electrons. The molecule has 0 fully saturated rings. The van der Waals surface area contributed by atoms with E-state index < -0.39 is 22.0 Å². The van der Waals surface area contributed by atoms with Crippen molar-refractivity contribution in [1.82, 2.24) is 10.6 Å². The maximum absolute atomic E-state index is 10.8. The minimum absolute atomic E-state index is 0.447. The molecule has 5 nitrogen and oxygen atoms in total. The summed E-state index contributed by atoms with van der Waals surface area (Å²) in [6.45, 7) is 1.22. The summed E-state index contributed by atoms with van der Waals surface area (Å²) >= 11 is 16.5. The summed E-state index contributed by atoms with van der Waals surface area (Å²) in [5, 5.41) is 4.39. The summed E-state index contributed by atoms with van der Waals surface area (Å²) in [5.41, 5.74) is 0. The van der Waals surface area contributed by atoms with Crippen molar-refractivity contribution < 1.29 is 14.3 Å². The number of rotatable bonds is 2. The minimum atomic E-state index is -1.85. The number of hydrogen-bond donors (Lipinski definition) is 2. The summed E-state index contributed by atoms with van der Waals surface area (Å²) in [4.78, 5) is 21.5. The van der Waals surface area contributed by atoms with Gasteiger partial charge in [0.25, 0.3) is 0 Å². The first-order valence-electron chi connectivity index (χ1n) is 3.45. The summed E-state index contributed by atoms with van der Waals surface area (Å²) < 4.78 is 2.43. The molecule has 0 saturated heterocycles. The van der Waals surface area contributed by atoms with Crippen molar-refractivity contribution in [2.24, 2.45) is 0 Å². The number of alkyl halides is 3. The highest BCUT2D eigenvalue weighted by Crippen LogP contribution is 2.28. The maximum Gasteiger partial charge on any atom is 0.408 e. The number of carbonyl (C=O) groups is 2. The normalized spacial score (nSPS) is 12.9. The van der Waals surface area contributed by atoms with Crippen LogP contribution in [0.1, 0.15) is 6.92 Å². The van der Waals surface area contributed by atoms with Gasteiger partial charge in [-0.05, 0) is 0 Å². The number of alkyl carbamates (subject to hydrolysis) is 1. The van der Waals surface area contributed by atoms with Crippen LogP contribution in [0.25, 0.3) is 0 Å². The van der Waals surface area contributed by atoms with Crippen molar-refractivity contribution in [2.45, 2.75) is 16.9 Å². The van der Waals surface area contributed by atoms with E-state index in [-0.39, 0.29) is 0 Å². The van der Waals surface area contributed by atoms with Gasteiger partial charge in [-0.3, -0.25) is 10.1 Å². The molecule has 14 heavy (non-hydrogen) atoms. The van der Waals surface area contributed by atoms with Crippen LogP contribution in [0.15, 0.2) is 0 Å². The van der Waals surface area contributed by atoms with E-state index in [1.54, 1.807) is 0 Å². The Morgan fingerprint density at radius 3 is 2.07 bits per heavy atom. The Morgan fingerprint density at radius 1 is 1.29 bits per heavy atom. The number of hydrogen-bond acceptors (Lipinski definition) is 3. The van der Waals surface area contributed by atoms with Gasteiger partial charge in [-0.25, -0.2) is 4.79 Å². The van der Waals surface area contributed by atoms with Gasteiger partial charge >= 0.3 is 6.09 Å². The largest absolute Gasteiger partial charge is 0.453 e. The van der Waals surface area contributed by atoms with Crippen LogP contribution >= 0.6 is 34.8 Å². The molecular formula is C6H9Cl3N2O3. The fourth-order valence-corrected chi connectivity index (χ4v) is 0.907. The van der Waals surface area contributed by atoms with Crippen molar-refractivity contribution >= 4 is 46.8 Å². The smallest absolute Gasteiger partial charge is 0.408 e. The van der Waals surface area contributed by atoms with Gasteiger partial charge in [0.1, 0.15) is 0 Å². The quantitative estimate of drug-likeness (QED) is 0.580. The van der Waals surface area contributed by atoms with Crippen LogP contribution in [0.3, 0.4) is 0 Å². The molecule has 0 aliphatic rings. The molecule has 0 bridgehead atoms. The van der Waals surface area contributed by atoms with Gasteiger partial charge in [-0.1, -0.05) is 34.8 Å². The number of carbonyl (C=O) groups excluding carboxylic acids is 2. The molecule has 0 aromatic rings. The van der Waals surface area contributed by atoms with Crippen LogP contribution in [-0.4, -0.2) is 29.1 Å². The fourth-order valence-electron chi connectivity index (χ4n) is 0.580.